The quantitative estimate of drug-likeness (QED) is 0.369. The van der Waals surface area contributed by atoms with Gasteiger partial charge in [0.05, 0.1) is 24.2 Å². The normalized spacial score (nSPS) is 16.3. The summed E-state index contributed by atoms with van der Waals surface area (Å²) in [7, 11) is 0. The monoisotopic (exact) mass is 527 g/mol. The number of carbonyl (C=O) groups is 1. The Hall–Kier alpha value is -3.72. The molecule has 2 aliphatic heterocycles. The smallest absolute Gasteiger partial charge is 0.234 e. The van der Waals surface area contributed by atoms with E-state index < -0.39 is 5.41 Å². The Balaban J connectivity index is 0.000000292. The van der Waals surface area contributed by atoms with Crippen molar-refractivity contribution >= 4 is 22.8 Å². The summed E-state index contributed by atoms with van der Waals surface area (Å²) in [5.74, 6) is 2.32. The van der Waals surface area contributed by atoms with E-state index in [1.807, 2.05) is 43.5 Å². The number of aromatic nitrogens is 6. The van der Waals surface area contributed by atoms with Gasteiger partial charge in [0, 0.05) is 36.1 Å². The maximum absolute atomic E-state index is 12.3. The minimum Gasteiger partial charge on any atom is -0.381 e. The highest BCUT2D eigenvalue weighted by molar-refractivity contribution is 6.06. The van der Waals surface area contributed by atoms with Gasteiger partial charge in [-0.3, -0.25) is 4.79 Å². The average molecular weight is 528 g/mol. The Morgan fingerprint density at radius 2 is 1.79 bits per heavy atom. The summed E-state index contributed by atoms with van der Waals surface area (Å²) >= 11 is 0. The molecule has 3 aromatic heterocycles. The maximum Gasteiger partial charge on any atom is 0.234 e. The lowest BCUT2D eigenvalue weighted by Crippen LogP contribution is -2.31. The summed E-state index contributed by atoms with van der Waals surface area (Å²) in [6, 6.07) is 5.91. The predicted octanol–water partition coefficient (Wildman–Crippen LogP) is 5.58. The van der Waals surface area contributed by atoms with Gasteiger partial charge in [-0.1, -0.05) is 26.8 Å². The molecule has 1 amide bonds. The van der Waals surface area contributed by atoms with Crippen LogP contribution in [0.15, 0.2) is 36.9 Å². The fraction of sp³-hybridized carbons (Fsp3) is 0.467. The molecule has 6 rings (SSSR count). The average Bonchev–Trinajstić information content (AvgIpc) is 3.35. The van der Waals surface area contributed by atoms with Gasteiger partial charge in [-0.15, -0.1) is 0 Å². The molecule has 0 radical (unpaired) electrons. The second kappa shape index (κ2) is 10.1. The van der Waals surface area contributed by atoms with Crippen molar-refractivity contribution in [2.45, 2.75) is 66.8 Å². The van der Waals surface area contributed by atoms with Gasteiger partial charge >= 0.3 is 0 Å². The standard InChI is InChI=1S/C22H21N7O.C8H16O/c1-5-29-19(14-9-23-12(2)24-10-14)28-18-17(25-11-26-20(18)29)13-6-7-16-15(8-13)22(3,4)21(30)27-16;1-8(2,3)4-7-5-9-6-7/h6-11H,5H2,1-4H3,(H,27,30);7H,4-6H2,1-3H3. The number of aryl methyl sites for hydroxylation is 2. The van der Waals surface area contributed by atoms with Crippen LogP contribution < -0.4 is 5.32 Å². The zero-order chi connectivity index (χ0) is 27.9. The van der Waals surface area contributed by atoms with Gasteiger partial charge in [-0.25, -0.2) is 24.9 Å². The van der Waals surface area contributed by atoms with Crippen LogP contribution in [0, 0.1) is 18.3 Å². The van der Waals surface area contributed by atoms with E-state index in [1.54, 1.807) is 18.7 Å². The molecule has 0 spiro atoms. The van der Waals surface area contributed by atoms with E-state index in [-0.39, 0.29) is 5.91 Å². The highest BCUT2D eigenvalue weighted by atomic mass is 16.5. The summed E-state index contributed by atoms with van der Waals surface area (Å²) in [6.45, 7) is 17.3. The molecule has 0 bridgehead atoms. The molecule has 4 aromatic rings. The molecule has 0 aliphatic carbocycles. The molecule has 0 atom stereocenters. The first-order chi connectivity index (χ1) is 18.5. The summed E-state index contributed by atoms with van der Waals surface area (Å²) in [4.78, 5) is 34.8. The first kappa shape index (κ1) is 26.9. The molecule has 39 heavy (non-hydrogen) atoms. The van der Waals surface area contributed by atoms with Crippen LogP contribution in [0.2, 0.25) is 0 Å². The number of carbonyl (C=O) groups excluding carboxylic acids is 1. The first-order valence-corrected chi connectivity index (χ1v) is 13.5. The third-order valence-electron chi connectivity index (χ3n) is 7.28. The van der Waals surface area contributed by atoms with Crippen molar-refractivity contribution in [1.82, 2.24) is 29.5 Å². The van der Waals surface area contributed by atoms with E-state index in [0.717, 1.165) is 58.7 Å². The van der Waals surface area contributed by atoms with Gasteiger partial charge < -0.3 is 14.6 Å². The summed E-state index contributed by atoms with van der Waals surface area (Å²) in [5.41, 5.74) is 5.64. The van der Waals surface area contributed by atoms with Crippen LogP contribution in [0.1, 0.15) is 59.4 Å². The zero-order valence-electron chi connectivity index (χ0n) is 23.9. The van der Waals surface area contributed by atoms with Crippen molar-refractivity contribution in [2.24, 2.45) is 11.3 Å². The highest BCUT2D eigenvalue weighted by Gasteiger charge is 2.38. The number of ether oxygens (including phenoxy) is 1. The minimum atomic E-state index is -0.593. The van der Waals surface area contributed by atoms with Crippen molar-refractivity contribution in [3.05, 3.63) is 48.3 Å². The molecule has 0 saturated carbocycles. The fourth-order valence-corrected chi connectivity index (χ4v) is 5.16. The molecule has 2 aliphatic rings. The second-order valence-corrected chi connectivity index (χ2v) is 12.1. The second-order valence-electron chi connectivity index (χ2n) is 12.1. The van der Waals surface area contributed by atoms with Gasteiger partial charge in [-0.2, -0.15) is 0 Å². The zero-order valence-corrected chi connectivity index (χ0v) is 23.9. The third-order valence-corrected chi connectivity index (χ3v) is 7.28. The van der Waals surface area contributed by atoms with Crippen molar-refractivity contribution in [3.63, 3.8) is 0 Å². The van der Waals surface area contributed by atoms with Crippen LogP contribution in [0.5, 0.6) is 0 Å². The number of benzene rings is 1. The molecule has 1 N–H and O–H groups in total. The number of nitrogens with one attached hydrogen (secondary N) is 1. The van der Waals surface area contributed by atoms with Crippen LogP contribution in [-0.2, 0) is 21.5 Å². The lowest BCUT2D eigenvalue weighted by Gasteiger charge is -2.31. The molecule has 1 fully saturated rings. The molecule has 1 saturated heterocycles. The van der Waals surface area contributed by atoms with Gasteiger partial charge in [-0.05, 0) is 57.2 Å². The molecule has 9 nitrogen and oxygen atoms in total. The summed E-state index contributed by atoms with van der Waals surface area (Å²) in [5, 5.41) is 2.95. The van der Waals surface area contributed by atoms with E-state index >= 15 is 0 Å². The van der Waals surface area contributed by atoms with Crippen LogP contribution in [-0.4, -0.2) is 48.6 Å². The Labute approximate surface area is 229 Å². The van der Waals surface area contributed by atoms with Crippen LogP contribution >= 0.6 is 0 Å². The number of imidazole rings is 1. The number of amides is 1. The van der Waals surface area contributed by atoms with Crippen molar-refractivity contribution < 1.29 is 9.53 Å². The number of anilines is 1. The van der Waals surface area contributed by atoms with E-state index in [4.69, 9.17) is 9.72 Å². The fourth-order valence-electron chi connectivity index (χ4n) is 5.16. The lowest BCUT2D eigenvalue weighted by atomic mass is 9.84. The molecular formula is C30H37N7O2. The van der Waals surface area contributed by atoms with E-state index in [0.29, 0.717) is 23.3 Å². The number of hydrogen-bond donors (Lipinski definition) is 1. The topological polar surface area (TPSA) is 108 Å². The Morgan fingerprint density at radius 1 is 1.08 bits per heavy atom. The predicted molar refractivity (Wildman–Crippen MR) is 152 cm³/mol. The summed E-state index contributed by atoms with van der Waals surface area (Å²) < 4.78 is 7.12. The highest BCUT2D eigenvalue weighted by Crippen LogP contribution is 2.40. The van der Waals surface area contributed by atoms with Crippen LogP contribution in [0.4, 0.5) is 5.69 Å². The molecule has 5 heterocycles. The Kier molecular flexibility index (Phi) is 6.97. The number of fused-ring (bicyclic) bond motifs is 2. The maximum atomic E-state index is 12.3. The van der Waals surface area contributed by atoms with E-state index in [1.165, 1.54) is 6.42 Å². The molecule has 9 heteroatoms. The largest absolute Gasteiger partial charge is 0.381 e. The van der Waals surface area contributed by atoms with Gasteiger partial charge in [0.25, 0.3) is 0 Å². The molecule has 1 aromatic carbocycles. The minimum absolute atomic E-state index is 0.000553. The number of nitrogens with zero attached hydrogens (tertiary/aromatic N) is 6. The Morgan fingerprint density at radius 3 is 2.38 bits per heavy atom. The van der Waals surface area contributed by atoms with Crippen LogP contribution in [0.3, 0.4) is 0 Å². The number of hydrogen-bond acceptors (Lipinski definition) is 7. The first-order valence-electron chi connectivity index (χ1n) is 13.5. The third kappa shape index (κ3) is 5.28. The molecular weight excluding hydrogens is 490 g/mol. The van der Waals surface area contributed by atoms with Crippen molar-refractivity contribution in [3.8, 4) is 22.6 Å². The lowest BCUT2D eigenvalue weighted by molar-refractivity contribution is -0.119. The number of rotatable bonds is 4. The van der Waals surface area contributed by atoms with Crippen molar-refractivity contribution in [2.75, 3.05) is 18.5 Å². The summed E-state index contributed by atoms with van der Waals surface area (Å²) in [6.07, 6.45) is 6.42. The van der Waals surface area contributed by atoms with E-state index in [2.05, 4.69) is 52.9 Å². The SMILES string of the molecule is CC(C)(C)CC1COC1.CCn1c(-c2cnc(C)nc2)nc2c(-c3ccc4c(c3)C(C)(C)C(=O)N4)ncnc21. The Bertz CT molecular complexity index is 1510. The van der Waals surface area contributed by atoms with Gasteiger partial charge in [0.2, 0.25) is 5.91 Å². The molecule has 204 valence electrons. The molecule has 0 unspecified atom stereocenters. The van der Waals surface area contributed by atoms with Crippen LogP contribution in [0.25, 0.3) is 33.8 Å². The van der Waals surface area contributed by atoms with E-state index in [9.17, 15) is 4.79 Å². The van der Waals surface area contributed by atoms with Crippen molar-refractivity contribution in [1.29, 1.82) is 0 Å². The van der Waals surface area contributed by atoms with Gasteiger partial charge in [0.15, 0.2) is 5.65 Å². The van der Waals surface area contributed by atoms with Gasteiger partial charge in [0.1, 0.15) is 29.2 Å².